The zero-order valence-electron chi connectivity index (χ0n) is 18.0. The van der Waals surface area contributed by atoms with E-state index in [1.54, 1.807) is 6.20 Å². The number of furan rings is 1. The summed E-state index contributed by atoms with van der Waals surface area (Å²) in [4.78, 5) is 11.1. The molecule has 4 heterocycles. The zero-order valence-corrected chi connectivity index (χ0v) is 18.8. The molecular weight excluding hydrogens is 434 g/mol. The normalized spacial score (nSPS) is 16.4. The number of likely N-dealkylation sites (tertiary alicyclic amines) is 1. The van der Waals surface area contributed by atoms with Crippen molar-refractivity contribution in [3.63, 3.8) is 0 Å². The average Bonchev–Trinajstić information content (AvgIpc) is 3.44. The minimum absolute atomic E-state index is 0.564. The van der Waals surface area contributed by atoms with E-state index in [0.29, 0.717) is 16.6 Å². The van der Waals surface area contributed by atoms with Gasteiger partial charge in [0.15, 0.2) is 5.65 Å². The van der Waals surface area contributed by atoms with Crippen LogP contribution in [0.4, 0.5) is 0 Å². The Morgan fingerprint density at radius 3 is 2.73 bits per heavy atom. The van der Waals surface area contributed by atoms with Gasteiger partial charge in [-0.2, -0.15) is 4.98 Å². The first-order valence-electron chi connectivity index (χ1n) is 11.1. The Bertz CT molecular complexity index is 1370. The number of hydrogen-bond donors (Lipinski definition) is 1. The van der Waals surface area contributed by atoms with Crippen LogP contribution in [0, 0.1) is 0 Å². The molecule has 0 amide bonds. The van der Waals surface area contributed by atoms with Gasteiger partial charge >= 0.3 is 0 Å². The smallest absolute Gasteiger partial charge is 0.281 e. The minimum atomic E-state index is -0.737. The van der Waals surface area contributed by atoms with Crippen LogP contribution in [0.5, 0.6) is 10.9 Å². The lowest BCUT2D eigenvalue weighted by Crippen LogP contribution is -2.42. The van der Waals surface area contributed by atoms with Crippen molar-refractivity contribution >= 4 is 32.7 Å². The Morgan fingerprint density at radius 1 is 1.06 bits per heavy atom. The van der Waals surface area contributed by atoms with E-state index in [9.17, 15) is 5.11 Å². The number of ether oxygens (including phenoxy) is 1. The van der Waals surface area contributed by atoms with E-state index in [-0.39, 0.29) is 0 Å². The third kappa shape index (κ3) is 3.99. The van der Waals surface area contributed by atoms with Crippen LogP contribution in [0.15, 0.2) is 77.5 Å². The summed E-state index contributed by atoms with van der Waals surface area (Å²) in [5.74, 6) is 0.688. The van der Waals surface area contributed by atoms with E-state index in [1.165, 1.54) is 11.3 Å². The predicted octanol–water partition coefficient (Wildman–Crippen LogP) is 5.71. The summed E-state index contributed by atoms with van der Waals surface area (Å²) in [5.41, 5.74) is 2.90. The summed E-state index contributed by atoms with van der Waals surface area (Å²) >= 11 is 1.47. The van der Waals surface area contributed by atoms with E-state index in [4.69, 9.17) is 9.15 Å². The van der Waals surface area contributed by atoms with Crippen LogP contribution in [-0.4, -0.2) is 33.1 Å². The molecule has 0 atom stereocenters. The van der Waals surface area contributed by atoms with Crippen molar-refractivity contribution < 1.29 is 14.3 Å². The van der Waals surface area contributed by atoms with Crippen molar-refractivity contribution in [3.8, 4) is 10.9 Å². The second-order valence-electron chi connectivity index (χ2n) is 8.50. The van der Waals surface area contributed by atoms with Crippen LogP contribution in [0.3, 0.4) is 0 Å². The predicted molar refractivity (Wildman–Crippen MR) is 129 cm³/mol. The fourth-order valence-electron chi connectivity index (χ4n) is 4.50. The Kier molecular flexibility index (Phi) is 5.10. The second kappa shape index (κ2) is 8.26. The molecule has 0 spiro atoms. The van der Waals surface area contributed by atoms with Crippen LogP contribution < -0.4 is 4.74 Å². The second-order valence-corrected chi connectivity index (χ2v) is 9.49. The van der Waals surface area contributed by atoms with Crippen molar-refractivity contribution in [2.24, 2.45) is 0 Å². The maximum absolute atomic E-state index is 11.1. The maximum atomic E-state index is 11.1. The van der Waals surface area contributed by atoms with Gasteiger partial charge in [-0.1, -0.05) is 41.7 Å². The van der Waals surface area contributed by atoms with Gasteiger partial charge in [-0.3, -0.25) is 4.90 Å². The fourth-order valence-corrected chi connectivity index (χ4v) is 5.30. The summed E-state index contributed by atoms with van der Waals surface area (Å²) in [6, 6.07) is 19.8. The van der Waals surface area contributed by atoms with Crippen molar-refractivity contribution in [2.75, 3.05) is 13.1 Å². The molecule has 7 heteroatoms. The van der Waals surface area contributed by atoms with Gasteiger partial charge in [-0.15, -0.1) is 0 Å². The molecule has 2 aromatic carbocycles. The molecule has 6 nitrogen and oxygen atoms in total. The van der Waals surface area contributed by atoms with Gasteiger partial charge in [-0.05, 0) is 42.7 Å². The highest BCUT2D eigenvalue weighted by molar-refractivity contribution is 7.20. The molecule has 1 fully saturated rings. The number of aromatic nitrogens is 2. The molecular formula is C26H23N3O3S. The molecule has 0 radical (unpaired) electrons. The number of aliphatic hydroxyl groups is 1. The van der Waals surface area contributed by atoms with Gasteiger partial charge in [0.05, 0.1) is 16.6 Å². The lowest BCUT2D eigenvalue weighted by molar-refractivity contribution is -0.0276. The maximum Gasteiger partial charge on any atom is 0.281 e. The van der Waals surface area contributed by atoms with Crippen LogP contribution in [-0.2, 0) is 12.1 Å². The number of fused-ring (bicyclic) bond motifs is 2. The van der Waals surface area contributed by atoms with Crippen LogP contribution in [0.25, 0.3) is 21.3 Å². The monoisotopic (exact) mass is 457 g/mol. The van der Waals surface area contributed by atoms with Crippen LogP contribution >= 0.6 is 11.3 Å². The summed E-state index contributed by atoms with van der Waals surface area (Å²) in [5, 5.41) is 12.7. The van der Waals surface area contributed by atoms with Crippen molar-refractivity contribution in [3.05, 3.63) is 84.3 Å². The zero-order chi connectivity index (χ0) is 22.3. The van der Waals surface area contributed by atoms with Crippen molar-refractivity contribution in [2.45, 2.75) is 25.0 Å². The van der Waals surface area contributed by atoms with E-state index in [1.807, 2.05) is 66.9 Å². The quantitative estimate of drug-likeness (QED) is 0.364. The highest BCUT2D eigenvalue weighted by atomic mass is 32.1. The fraction of sp³-hybridized carbons (Fsp3) is 0.231. The third-order valence-corrected chi connectivity index (χ3v) is 7.25. The number of hydrogen-bond acceptors (Lipinski definition) is 7. The summed E-state index contributed by atoms with van der Waals surface area (Å²) in [7, 11) is 0. The third-order valence-electron chi connectivity index (χ3n) is 6.37. The molecule has 0 aliphatic carbocycles. The van der Waals surface area contributed by atoms with Crippen molar-refractivity contribution in [1.82, 2.24) is 14.9 Å². The summed E-state index contributed by atoms with van der Waals surface area (Å²) in [6.45, 7) is 2.47. The van der Waals surface area contributed by atoms with Gasteiger partial charge in [0, 0.05) is 42.8 Å². The standard InChI is InChI=1S/C26H23N3O3S/c30-26(19-5-2-1-3-6-19)10-13-29(14-11-26)16-18-17-31-22-15-20(8-9-21(18)22)32-25-28-24-23(33-25)7-4-12-27-24/h1-9,12,15,17,30H,10-11,13-14,16H2. The van der Waals surface area contributed by atoms with E-state index in [0.717, 1.165) is 59.3 Å². The highest BCUT2D eigenvalue weighted by Gasteiger charge is 2.33. The SMILES string of the molecule is OC1(c2ccccc2)CCN(Cc2coc3cc(Oc4nc5ncccc5s4)ccc23)CC1. The number of benzene rings is 2. The Labute approximate surface area is 195 Å². The number of piperidine rings is 1. The minimum Gasteiger partial charge on any atom is -0.464 e. The molecule has 1 aliphatic heterocycles. The molecule has 6 rings (SSSR count). The number of rotatable bonds is 5. The van der Waals surface area contributed by atoms with Gasteiger partial charge in [0.1, 0.15) is 11.3 Å². The molecule has 33 heavy (non-hydrogen) atoms. The summed E-state index contributed by atoms with van der Waals surface area (Å²) < 4.78 is 12.8. The highest BCUT2D eigenvalue weighted by Crippen LogP contribution is 2.35. The van der Waals surface area contributed by atoms with Gasteiger partial charge in [0.25, 0.3) is 5.19 Å². The molecule has 0 unspecified atom stereocenters. The van der Waals surface area contributed by atoms with E-state index < -0.39 is 5.60 Å². The van der Waals surface area contributed by atoms with Gasteiger partial charge in [0.2, 0.25) is 0 Å². The molecule has 166 valence electrons. The molecule has 0 bridgehead atoms. The van der Waals surface area contributed by atoms with Gasteiger partial charge in [-0.25, -0.2) is 4.98 Å². The molecule has 1 saturated heterocycles. The summed E-state index contributed by atoms with van der Waals surface area (Å²) in [6.07, 6.45) is 5.00. The van der Waals surface area contributed by atoms with E-state index in [2.05, 4.69) is 14.9 Å². The molecule has 0 saturated carbocycles. The van der Waals surface area contributed by atoms with Gasteiger partial charge < -0.3 is 14.3 Å². The van der Waals surface area contributed by atoms with Crippen molar-refractivity contribution in [1.29, 1.82) is 0 Å². The molecule has 3 aromatic heterocycles. The average molecular weight is 458 g/mol. The number of nitrogens with zero attached hydrogens (tertiary/aromatic N) is 3. The number of pyridine rings is 1. The Balaban J connectivity index is 1.14. The largest absolute Gasteiger partial charge is 0.464 e. The first-order chi connectivity index (χ1) is 16.2. The van der Waals surface area contributed by atoms with Crippen LogP contribution in [0.2, 0.25) is 0 Å². The lowest BCUT2D eigenvalue weighted by Gasteiger charge is -2.38. The molecule has 1 N–H and O–H groups in total. The number of thiazole rings is 1. The van der Waals surface area contributed by atoms with Crippen LogP contribution in [0.1, 0.15) is 24.0 Å². The first-order valence-corrected chi connectivity index (χ1v) is 11.9. The molecule has 1 aliphatic rings. The Morgan fingerprint density at radius 2 is 1.91 bits per heavy atom. The van der Waals surface area contributed by atoms with E-state index >= 15 is 0 Å². The first kappa shape index (κ1) is 20.4. The lowest BCUT2D eigenvalue weighted by atomic mass is 9.84. The molecule has 5 aromatic rings. The topological polar surface area (TPSA) is 71.6 Å². The Hall–Kier alpha value is -3.26.